The van der Waals surface area contributed by atoms with Gasteiger partial charge in [-0.2, -0.15) is 0 Å². The third kappa shape index (κ3) is 3.86. The van der Waals surface area contributed by atoms with Gasteiger partial charge in [-0.1, -0.05) is 0 Å². The van der Waals surface area contributed by atoms with Gasteiger partial charge in [-0.05, 0) is 30.2 Å². The van der Waals surface area contributed by atoms with E-state index in [1.165, 1.54) is 25.3 Å². The highest BCUT2D eigenvalue weighted by atomic mass is 19.1. The minimum atomic E-state index is -0.929. The van der Waals surface area contributed by atoms with Crippen LogP contribution in [-0.4, -0.2) is 25.0 Å². The molecule has 0 saturated carbocycles. The number of hydrogen-bond donors (Lipinski definition) is 1. The van der Waals surface area contributed by atoms with E-state index >= 15 is 0 Å². The van der Waals surface area contributed by atoms with Crippen molar-refractivity contribution < 1.29 is 23.8 Å². The summed E-state index contributed by atoms with van der Waals surface area (Å²) in [5, 5.41) is 8.55. The Morgan fingerprint density at radius 2 is 2.25 bits per heavy atom. The number of ether oxygens (including phenoxy) is 2. The third-order valence-electron chi connectivity index (χ3n) is 1.96. The molecule has 1 aromatic rings. The summed E-state index contributed by atoms with van der Waals surface area (Å²) in [6.45, 7) is 0.0473. The van der Waals surface area contributed by atoms with Crippen LogP contribution in [0.1, 0.15) is 12.0 Å². The predicted octanol–water partition coefficient (Wildman–Crippen LogP) is 1.83. The van der Waals surface area contributed by atoms with Gasteiger partial charge in [0.1, 0.15) is 11.6 Å². The average Bonchev–Trinajstić information content (AvgIpc) is 2.25. The lowest BCUT2D eigenvalue weighted by Crippen LogP contribution is -2.04. The molecule has 0 saturated heterocycles. The topological polar surface area (TPSA) is 55.8 Å². The second kappa shape index (κ2) is 6.07. The molecular weight excluding hydrogens is 215 g/mol. The number of benzene rings is 1. The molecule has 0 unspecified atom stereocenters. The third-order valence-corrected chi connectivity index (χ3v) is 1.96. The van der Waals surface area contributed by atoms with Crippen molar-refractivity contribution in [3.63, 3.8) is 0 Å². The molecule has 0 aliphatic heterocycles. The zero-order valence-electron chi connectivity index (χ0n) is 8.90. The van der Waals surface area contributed by atoms with Gasteiger partial charge in [-0.15, -0.1) is 0 Å². The second-order valence-corrected chi connectivity index (χ2v) is 3.20. The summed E-state index contributed by atoms with van der Waals surface area (Å²) in [4.78, 5) is 10.4. The molecule has 0 atom stereocenters. The Labute approximate surface area is 92.6 Å². The Morgan fingerprint density at radius 1 is 1.50 bits per heavy atom. The van der Waals surface area contributed by atoms with Crippen LogP contribution in [0, 0.1) is 5.82 Å². The number of carbonyl (C=O) groups is 1. The fourth-order valence-electron chi connectivity index (χ4n) is 1.25. The van der Waals surface area contributed by atoms with Gasteiger partial charge in [0, 0.05) is 13.5 Å². The molecule has 0 amide bonds. The second-order valence-electron chi connectivity index (χ2n) is 3.20. The molecule has 0 spiro atoms. The van der Waals surface area contributed by atoms with Crippen molar-refractivity contribution in [2.24, 2.45) is 0 Å². The summed E-state index contributed by atoms with van der Waals surface area (Å²) in [5.41, 5.74) is 0.527. The largest absolute Gasteiger partial charge is 0.481 e. The molecule has 0 radical (unpaired) electrons. The molecule has 0 aliphatic carbocycles. The van der Waals surface area contributed by atoms with Crippen LogP contribution in [0.15, 0.2) is 18.2 Å². The zero-order chi connectivity index (χ0) is 12.0. The lowest BCUT2D eigenvalue weighted by atomic mass is 10.1. The molecule has 0 aromatic heterocycles. The SMILES string of the molecule is COCOc1ccc(F)cc1CCC(=O)O. The standard InChI is InChI=1S/C11H13FO4/c1-15-7-16-10-4-3-9(12)6-8(10)2-5-11(13)14/h3-4,6H,2,5,7H2,1H3,(H,13,14). The first-order valence-corrected chi connectivity index (χ1v) is 4.75. The first-order chi connectivity index (χ1) is 7.63. The minimum absolute atomic E-state index is 0.0473. The molecule has 1 rings (SSSR count). The minimum Gasteiger partial charge on any atom is -0.481 e. The summed E-state index contributed by atoms with van der Waals surface area (Å²) in [6, 6.07) is 3.99. The number of rotatable bonds is 6. The fraction of sp³-hybridized carbons (Fsp3) is 0.364. The van der Waals surface area contributed by atoms with Crippen molar-refractivity contribution >= 4 is 5.97 Å². The van der Waals surface area contributed by atoms with E-state index in [-0.39, 0.29) is 19.6 Å². The van der Waals surface area contributed by atoms with Gasteiger partial charge in [0.05, 0.1) is 0 Å². The average molecular weight is 228 g/mol. The molecule has 5 heteroatoms. The molecule has 16 heavy (non-hydrogen) atoms. The first kappa shape index (κ1) is 12.4. The summed E-state index contributed by atoms with van der Waals surface area (Å²) in [7, 11) is 1.47. The van der Waals surface area contributed by atoms with Crippen molar-refractivity contribution in [2.45, 2.75) is 12.8 Å². The molecule has 88 valence electrons. The van der Waals surface area contributed by atoms with E-state index in [2.05, 4.69) is 0 Å². The van der Waals surface area contributed by atoms with Gasteiger partial charge >= 0.3 is 5.97 Å². The zero-order valence-corrected chi connectivity index (χ0v) is 8.90. The maximum absolute atomic E-state index is 13.0. The fourth-order valence-corrected chi connectivity index (χ4v) is 1.25. The Kier molecular flexibility index (Phi) is 4.72. The first-order valence-electron chi connectivity index (χ1n) is 4.75. The predicted molar refractivity (Wildman–Crippen MR) is 54.9 cm³/mol. The van der Waals surface area contributed by atoms with E-state index in [0.29, 0.717) is 11.3 Å². The molecule has 0 fully saturated rings. The Hall–Kier alpha value is -1.62. The Balaban J connectivity index is 2.76. The highest BCUT2D eigenvalue weighted by Crippen LogP contribution is 2.21. The van der Waals surface area contributed by atoms with Crippen molar-refractivity contribution in [3.05, 3.63) is 29.6 Å². The highest BCUT2D eigenvalue weighted by molar-refractivity contribution is 5.67. The maximum Gasteiger partial charge on any atom is 0.303 e. The van der Waals surface area contributed by atoms with Crippen LogP contribution in [0.2, 0.25) is 0 Å². The van der Waals surface area contributed by atoms with Gasteiger partial charge in [0.2, 0.25) is 0 Å². The molecule has 1 N–H and O–H groups in total. The van der Waals surface area contributed by atoms with E-state index in [4.69, 9.17) is 14.6 Å². The van der Waals surface area contributed by atoms with E-state index in [0.717, 1.165) is 0 Å². The number of hydrogen-bond acceptors (Lipinski definition) is 3. The normalized spacial score (nSPS) is 10.1. The number of halogens is 1. The van der Waals surface area contributed by atoms with Crippen molar-refractivity contribution in [1.29, 1.82) is 0 Å². The molecule has 0 aliphatic rings. The van der Waals surface area contributed by atoms with Crippen LogP contribution in [0.5, 0.6) is 5.75 Å². The van der Waals surface area contributed by atoms with Gasteiger partial charge in [-0.25, -0.2) is 4.39 Å². The number of aliphatic carboxylic acids is 1. The number of methoxy groups -OCH3 is 1. The van der Waals surface area contributed by atoms with Crippen molar-refractivity contribution in [1.82, 2.24) is 0 Å². The van der Waals surface area contributed by atoms with Gasteiger partial charge in [0.15, 0.2) is 6.79 Å². The summed E-state index contributed by atoms with van der Waals surface area (Å²) < 4.78 is 22.9. The Morgan fingerprint density at radius 3 is 2.88 bits per heavy atom. The van der Waals surface area contributed by atoms with Crippen LogP contribution >= 0.6 is 0 Å². The van der Waals surface area contributed by atoms with Gasteiger partial charge in [0.25, 0.3) is 0 Å². The highest BCUT2D eigenvalue weighted by Gasteiger charge is 2.07. The van der Waals surface area contributed by atoms with E-state index in [9.17, 15) is 9.18 Å². The molecule has 0 heterocycles. The van der Waals surface area contributed by atoms with Crippen LogP contribution in [-0.2, 0) is 16.0 Å². The van der Waals surface area contributed by atoms with Crippen LogP contribution < -0.4 is 4.74 Å². The molecule has 4 nitrogen and oxygen atoms in total. The van der Waals surface area contributed by atoms with E-state index < -0.39 is 11.8 Å². The Bertz CT molecular complexity index is 365. The number of aryl methyl sites for hydroxylation is 1. The molecule has 1 aromatic carbocycles. The summed E-state index contributed by atoms with van der Waals surface area (Å²) in [6.07, 6.45) is 0.166. The maximum atomic E-state index is 13.0. The summed E-state index contributed by atoms with van der Waals surface area (Å²) >= 11 is 0. The van der Waals surface area contributed by atoms with Crippen LogP contribution in [0.3, 0.4) is 0 Å². The smallest absolute Gasteiger partial charge is 0.303 e. The number of carboxylic acids is 1. The van der Waals surface area contributed by atoms with Gasteiger partial charge < -0.3 is 14.6 Å². The molecular formula is C11H13FO4. The van der Waals surface area contributed by atoms with Crippen molar-refractivity contribution in [2.75, 3.05) is 13.9 Å². The quantitative estimate of drug-likeness (QED) is 0.754. The van der Waals surface area contributed by atoms with E-state index in [1.807, 2.05) is 0 Å². The van der Waals surface area contributed by atoms with E-state index in [1.54, 1.807) is 0 Å². The van der Waals surface area contributed by atoms with Crippen LogP contribution in [0.25, 0.3) is 0 Å². The summed E-state index contributed by atoms with van der Waals surface area (Å²) in [5.74, 6) is -0.892. The van der Waals surface area contributed by atoms with Crippen molar-refractivity contribution in [3.8, 4) is 5.75 Å². The number of carboxylic acid groups (broad SMARTS) is 1. The molecule has 0 bridgehead atoms. The van der Waals surface area contributed by atoms with Crippen LogP contribution in [0.4, 0.5) is 4.39 Å². The lowest BCUT2D eigenvalue weighted by Gasteiger charge is -2.09. The monoisotopic (exact) mass is 228 g/mol. The van der Waals surface area contributed by atoms with Gasteiger partial charge in [-0.3, -0.25) is 4.79 Å². The lowest BCUT2D eigenvalue weighted by molar-refractivity contribution is -0.136.